The number of benzene rings is 2. The van der Waals surface area contributed by atoms with Gasteiger partial charge in [0.15, 0.2) is 5.03 Å². The van der Waals surface area contributed by atoms with Crippen molar-refractivity contribution < 1.29 is 32.2 Å². The highest BCUT2D eigenvalue weighted by molar-refractivity contribution is 7.89. The van der Waals surface area contributed by atoms with Crippen molar-refractivity contribution in [2.45, 2.75) is 24.7 Å². The van der Waals surface area contributed by atoms with Crippen LogP contribution in [0.2, 0.25) is 0 Å². The molecule has 0 bridgehead atoms. The van der Waals surface area contributed by atoms with Crippen molar-refractivity contribution in [3.8, 4) is 10.6 Å². The van der Waals surface area contributed by atoms with E-state index >= 15 is 0 Å². The number of rotatable bonds is 21. The molecule has 3 heterocycles. The van der Waals surface area contributed by atoms with Crippen LogP contribution in [0.5, 0.6) is 0 Å². The SMILES string of the molecule is O=C(CNc1cccc(CN(Cc2ccc(-c3nccs3)cc2)S(=O)(=O)c2ccccn2)n1)OCCOCCOCCOCc1ccccc1. The van der Waals surface area contributed by atoms with Crippen LogP contribution in [0.1, 0.15) is 16.8 Å². The van der Waals surface area contributed by atoms with E-state index in [1.165, 1.54) is 27.9 Å². The second-order valence-corrected chi connectivity index (χ2v) is 13.6. The van der Waals surface area contributed by atoms with E-state index in [0.717, 1.165) is 21.7 Å². The van der Waals surface area contributed by atoms with Gasteiger partial charge in [0.25, 0.3) is 10.0 Å². The van der Waals surface area contributed by atoms with Gasteiger partial charge in [-0.3, -0.25) is 4.79 Å². The highest BCUT2D eigenvalue weighted by Gasteiger charge is 2.27. The number of thiazole rings is 1. The minimum atomic E-state index is -3.97. The molecule has 0 spiro atoms. The Hall–Kier alpha value is -4.57. The van der Waals surface area contributed by atoms with Gasteiger partial charge in [-0.05, 0) is 35.4 Å². The highest BCUT2D eigenvalue weighted by atomic mass is 32.2. The maximum Gasteiger partial charge on any atom is 0.325 e. The lowest BCUT2D eigenvalue weighted by atomic mass is 10.1. The van der Waals surface area contributed by atoms with E-state index in [9.17, 15) is 13.2 Å². The zero-order valence-corrected chi connectivity index (χ0v) is 29.1. The first-order valence-corrected chi connectivity index (χ1v) is 18.3. The third-order valence-corrected chi connectivity index (χ3v) is 9.67. The lowest BCUT2D eigenvalue weighted by Gasteiger charge is -2.22. The Kier molecular flexibility index (Phi) is 14.4. The molecule has 14 heteroatoms. The molecule has 0 saturated carbocycles. The van der Waals surface area contributed by atoms with E-state index in [1.54, 1.807) is 36.5 Å². The van der Waals surface area contributed by atoms with E-state index in [4.69, 9.17) is 18.9 Å². The van der Waals surface area contributed by atoms with E-state index in [1.807, 2.05) is 60.0 Å². The van der Waals surface area contributed by atoms with Crippen LogP contribution in [0, 0.1) is 0 Å². The summed E-state index contributed by atoms with van der Waals surface area (Å²) in [7, 11) is -3.97. The first-order valence-electron chi connectivity index (χ1n) is 16.0. The van der Waals surface area contributed by atoms with Crippen LogP contribution < -0.4 is 5.32 Å². The van der Waals surface area contributed by atoms with Gasteiger partial charge in [-0.1, -0.05) is 66.7 Å². The Labute approximate surface area is 296 Å². The van der Waals surface area contributed by atoms with E-state index in [-0.39, 0.29) is 37.9 Å². The summed E-state index contributed by atoms with van der Waals surface area (Å²) in [5.74, 6) is -0.0725. The number of anilines is 1. The number of hydrogen-bond acceptors (Lipinski definition) is 12. The van der Waals surface area contributed by atoms with Crippen LogP contribution >= 0.6 is 11.3 Å². The Morgan fingerprint density at radius 1 is 0.720 bits per heavy atom. The second kappa shape index (κ2) is 19.6. The van der Waals surface area contributed by atoms with Crippen molar-refractivity contribution in [3.63, 3.8) is 0 Å². The molecular weight excluding hydrogens is 679 g/mol. The lowest BCUT2D eigenvalue weighted by Crippen LogP contribution is -2.31. The van der Waals surface area contributed by atoms with Crippen molar-refractivity contribution in [1.29, 1.82) is 0 Å². The van der Waals surface area contributed by atoms with Crippen LogP contribution in [-0.2, 0) is 53.5 Å². The fourth-order valence-electron chi connectivity index (χ4n) is 4.66. The van der Waals surface area contributed by atoms with Crippen LogP contribution in [0.4, 0.5) is 5.82 Å². The molecule has 2 aromatic carbocycles. The summed E-state index contributed by atoms with van der Waals surface area (Å²) in [6, 6.07) is 27.5. The maximum atomic E-state index is 13.7. The molecule has 50 heavy (non-hydrogen) atoms. The topological polar surface area (TPSA) is 142 Å². The summed E-state index contributed by atoms with van der Waals surface area (Å²) >= 11 is 1.53. The van der Waals surface area contributed by atoms with Crippen molar-refractivity contribution in [2.75, 3.05) is 51.5 Å². The van der Waals surface area contributed by atoms with Crippen LogP contribution in [0.3, 0.4) is 0 Å². The van der Waals surface area contributed by atoms with Crippen molar-refractivity contribution in [1.82, 2.24) is 19.3 Å². The average molecular weight is 718 g/mol. The quantitative estimate of drug-likeness (QED) is 0.0791. The minimum Gasteiger partial charge on any atom is -0.462 e. The fraction of sp³-hybridized carbons (Fsp3) is 0.278. The molecular formula is C36H39N5O7S2. The van der Waals surface area contributed by atoms with Crippen molar-refractivity contribution in [2.24, 2.45) is 0 Å². The number of aromatic nitrogens is 3. The third-order valence-electron chi connectivity index (χ3n) is 7.14. The van der Waals surface area contributed by atoms with Crippen LogP contribution in [0.15, 0.2) is 114 Å². The number of hydrogen-bond donors (Lipinski definition) is 1. The second-order valence-electron chi connectivity index (χ2n) is 10.8. The minimum absolute atomic E-state index is 0.0190. The molecule has 0 aliphatic rings. The Balaban J connectivity index is 1.04. The zero-order chi connectivity index (χ0) is 34.9. The highest BCUT2D eigenvalue weighted by Crippen LogP contribution is 2.24. The zero-order valence-electron chi connectivity index (χ0n) is 27.4. The Morgan fingerprint density at radius 2 is 1.46 bits per heavy atom. The molecule has 0 saturated heterocycles. The number of carbonyl (C=O) groups excluding carboxylic acids is 1. The molecule has 262 valence electrons. The number of pyridine rings is 2. The molecule has 0 radical (unpaired) electrons. The van der Waals surface area contributed by atoms with E-state index in [0.29, 0.717) is 44.5 Å². The number of nitrogens with one attached hydrogen (secondary N) is 1. The van der Waals surface area contributed by atoms with Gasteiger partial charge in [-0.15, -0.1) is 11.3 Å². The lowest BCUT2D eigenvalue weighted by molar-refractivity contribution is -0.143. The van der Waals surface area contributed by atoms with Gasteiger partial charge < -0.3 is 24.3 Å². The van der Waals surface area contributed by atoms with Gasteiger partial charge in [0.2, 0.25) is 0 Å². The van der Waals surface area contributed by atoms with Gasteiger partial charge >= 0.3 is 5.97 Å². The Bertz CT molecular complexity index is 1830. The van der Waals surface area contributed by atoms with Crippen LogP contribution in [0.25, 0.3) is 10.6 Å². The van der Waals surface area contributed by atoms with Gasteiger partial charge in [0, 0.05) is 29.9 Å². The standard InChI is InChI=1S/C36H39N5O7S2/c42-35(48-23-22-46-19-18-45-20-21-47-28-30-7-2-1-3-8-30)25-39-33-10-6-9-32(40-33)27-41(50(43,44)34-11-4-5-16-37-34)26-29-12-14-31(15-13-29)36-38-17-24-49-36/h1-17,24H,18-23,25-28H2,(H,39,40). The fourth-order valence-corrected chi connectivity index (χ4v) is 6.63. The molecule has 0 atom stereocenters. The molecule has 0 amide bonds. The first-order chi connectivity index (χ1) is 24.5. The van der Waals surface area contributed by atoms with Gasteiger partial charge in [0.1, 0.15) is 24.0 Å². The number of carbonyl (C=O) groups is 1. The largest absolute Gasteiger partial charge is 0.462 e. The van der Waals surface area contributed by atoms with E-state index < -0.39 is 16.0 Å². The predicted octanol–water partition coefficient (Wildman–Crippen LogP) is 5.20. The monoisotopic (exact) mass is 717 g/mol. The Morgan fingerprint density at radius 3 is 2.18 bits per heavy atom. The molecule has 12 nitrogen and oxygen atoms in total. The molecule has 0 aliphatic heterocycles. The molecule has 0 aliphatic carbocycles. The normalized spacial score (nSPS) is 11.5. The molecule has 0 unspecified atom stereocenters. The third kappa shape index (κ3) is 11.8. The van der Waals surface area contributed by atoms with Gasteiger partial charge in [-0.25, -0.2) is 23.4 Å². The molecule has 5 aromatic rings. The summed E-state index contributed by atoms with van der Waals surface area (Å²) in [5, 5.41) is 5.69. The van der Waals surface area contributed by atoms with E-state index in [2.05, 4.69) is 20.3 Å². The molecule has 0 fully saturated rings. The summed E-state index contributed by atoms with van der Waals surface area (Å²) in [6.07, 6.45) is 3.19. The van der Waals surface area contributed by atoms with Crippen molar-refractivity contribution >= 4 is 33.1 Å². The first kappa shape index (κ1) is 36.7. The number of nitrogens with zero attached hydrogens (tertiary/aromatic N) is 4. The maximum absolute atomic E-state index is 13.7. The molecule has 5 rings (SSSR count). The summed E-state index contributed by atoms with van der Waals surface area (Å²) < 4.78 is 50.5. The summed E-state index contributed by atoms with van der Waals surface area (Å²) in [5.41, 5.74) is 3.35. The number of ether oxygens (including phenoxy) is 4. The molecule has 1 N–H and O–H groups in total. The van der Waals surface area contributed by atoms with Crippen LogP contribution in [-0.4, -0.2) is 79.8 Å². The molecule has 3 aromatic heterocycles. The average Bonchev–Trinajstić information content (AvgIpc) is 3.69. The predicted molar refractivity (Wildman–Crippen MR) is 190 cm³/mol. The smallest absolute Gasteiger partial charge is 0.325 e. The van der Waals surface area contributed by atoms with Gasteiger partial charge in [0.05, 0.1) is 51.9 Å². The van der Waals surface area contributed by atoms with Gasteiger partial charge in [-0.2, -0.15) is 4.31 Å². The summed E-state index contributed by atoms with van der Waals surface area (Å²) in [6.45, 7) is 2.57. The number of sulfonamides is 1. The number of esters is 1. The van der Waals surface area contributed by atoms with Crippen molar-refractivity contribution in [3.05, 3.63) is 126 Å². The summed E-state index contributed by atoms with van der Waals surface area (Å²) in [4.78, 5) is 25.3.